The smallest absolute Gasteiger partial charge is 0.120 e. The summed E-state index contributed by atoms with van der Waals surface area (Å²) in [6.45, 7) is 4.09. The zero-order chi connectivity index (χ0) is 11.5. The Morgan fingerprint density at radius 1 is 1.31 bits per heavy atom. The number of hydrogen-bond donors (Lipinski definition) is 1. The number of fused-ring (bicyclic) bond motifs is 1. The number of ether oxygens (including phenoxy) is 1. The van der Waals surface area contributed by atoms with E-state index in [4.69, 9.17) is 10.5 Å². The van der Waals surface area contributed by atoms with E-state index in [1.165, 1.54) is 24.0 Å². The van der Waals surface area contributed by atoms with Crippen molar-refractivity contribution in [3.63, 3.8) is 0 Å². The van der Waals surface area contributed by atoms with Crippen LogP contribution >= 0.6 is 0 Å². The van der Waals surface area contributed by atoms with E-state index in [2.05, 4.69) is 18.2 Å². The van der Waals surface area contributed by atoms with Crippen molar-refractivity contribution >= 4 is 0 Å². The summed E-state index contributed by atoms with van der Waals surface area (Å²) >= 11 is 0. The van der Waals surface area contributed by atoms with Crippen LogP contribution in [0.2, 0.25) is 0 Å². The van der Waals surface area contributed by atoms with Crippen LogP contribution in [0.25, 0.3) is 0 Å². The Labute approximate surface area is 97.8 Å². The van der Waals surface area contributed by atoms with E-state index < -0.39 is 0 Å². The van der Waals surface area contributed by atoms with E-state index in [9.17, 15) is 0 Å². The molecular formula is C14H21NO. The molecule has 0 saturated heterocycles. The molecule has 0 bridgehead atoms. The first kappa shape index (κ1) is 11.5. The topological polar surface area (TPSA) is 35.2 Å². The SMILES string of the molecule is CC(C)Oc1ccc2c(c1)C(N)CCCC2. The van der Waals surface area contributed by atoms with Crippen LogP contribution in [0.4, 0.5) is 0 Å². The average molecular weight is 219 g/mol. The summed E-state index contributed by atoms with van der Waals surface area (Å²) in [5.74, 6) is 0.950. The van der Waals surface area contributed by atoms with Gasteiger partial charge in [-0.3, -0.25) is 0 Å². The Morgan fingerprint density at radius 2 is 2.12 bits per heavy atom. The molecule has 2 nitrogen and oxygen atoms in total. The van der Waals surface area contributed by atoms with Gasteiger partial charge in [-0.25, -0.2) is 0 Å². The molecule has 88 valence electrons. The fourth-order valence-electron chi connectivity index (χ4n) is 2.33. The van der Waals surface area contributed by atoms with E-state index in [0.29, 0.717) is 0 Å². The van der Waals surface area contributed by atoms with Crippen LogP contribution in [0.15, 0.2) is 18.2 Å². The number of benzene rings is 1. The minimum Gasteiger partial charge on any atom is -0.491 e. The molecule has 1 aromatic carbocycles. The second kappa shape index (κ2) is 4.88. The van der Waals surface area contributed by atoms with E-state index in [0.717, 1.165) is 18.6 Å². The molecule has 1 aromatic rings. The second-order valence-corrected chi connectivity index (χ2v) is 4.88. The Kier molecular flexibility index (Phi) is 3.49. The van der Waals surface area contributed by atoms with Gasteiger partial charge in [-0.05, 0) is 56.4 Å². The van der Waals surface area contributed by atoms with Crippen LogP contribution in [-0.4, -0.2) is 6.10 Å². The molecule has 1 aliphatic rings. The van der Waals surface area contributed by atoms with Crippen LogP contribution in [0, 0.1) is 0 Å². The maximum absolute atomic E-state index is 6.19. The van der Waals surface area contributed by atoms with Gasteiger partial charge in [-0.1, -0.05) is 12.5 Å². The summed E-state index contributed by atoms with van der Waals surface area (Å²) < 4.78 is 5.71. The Bertz CT molecular complexity index is 360. The Balaban J connectivity index is 2.28. The predicted molar refractivity (Wildman–Crippen MR) is 66.7 cm³/mol. The van der Waals surface area contributed by atoms with Gasteiger partial charge in [0.05, 0.1) is 6.10 Å². The molecule has 0 saturated carbocycles. The quantitative estimate of drug-likeness (QED) is 0.775. The van der Waals surface area contributed by atoms with Gasteiger partial charge >= 0.3 is 0 Å². The van der Waals surface area contributed by atoms with Gasteiger partial charge in [-0.15, -0.1) is 0 Å². The van der Waals surface area contributed by atoms with Crippen molar-refractivity contribution in [2.24, 2.45) is 5.73 Å². The summed E-state index contributed by atoms with van der Waals surface area (Å²) in [4.78, 5) is 0. The van der Waals surface area contributed by atoms with Crippen molar-refractivity contribution in [1.29, 1.82) is 0 Å². The Morgan fingerprint density at radius 3 is 2.88 bits per heavy atom. The monoisotopic (exact) mass is 219 g/mol. The largest absolute Gasteiger partial charge is 0.491 e. The molecule has 0 radical (unpaired) electrons. The zero-order valence-corrected chi connectivity index (χ0v) is 10.2. The van der Waals surface area contributed by atoms with Crippen LogP contribution in [0.5, 0.6) is 5.75 Å². The molecule has 2 N–H and O–H groups in total. The van der Waals surface area contributed by atoms with E-state index in [1.807, 2.05) is 13.8 Å². The zero-order valence-electron chi connectivity index (χ0n) is 10.2. The molecule has 0 aliphatic heterocycles. The van der Waals surface area contributed by atoms with E-state index in [-0.39, 0.29) is 12.1 Å². The van der Waals surface area contributed by atoms with Crippen LogP contribution in [0.1, 0.15) is 50.3 Å². The van der Waals surface area contributed by atoms with Gasteiger partial charge in [0.25, 0.3) is 0 Å². The van der Waals surface area contributed by atoms with Crippen molar-refractivity contribution in [1.82, 2.24) is 0 Å². The summed E-state index contributed by atoms with van der Waals surface area (Å²) in [5.41, 5.74) is 8.88. The number of aryl methyl sites for hydroxylation is 1. The normalized spacial score (nSPS) is 20.4. The fraction of sp³-hybridized carbons (Fsp3) is 0.571. The second-order valence-electron chi connectivity index (χ2n) is 4.88. The van der Waals surface area contributed by atoms with Crippen molar-refractivity contribution in [2.75, 3.05) is 0 Å². The van der Waals surface area contributed by atoms with Gasteiger partial charge in [0.1, 0.15) is 5.75 Å². The van der Waals surface area contributed by atoms with Gasteiger partial charge < -0.3 is 10.5 Å². The number of hydrogen-bond acceptors (Lipinski definition) is 2. The molecule has 1 atom stereocenters. The lowest BCUT2D eigenvalue weighted by Gasteiger charge is -2.16. The van der Waals surface area contributed by atoms with Crippen LogP contribution in [-0.2, 0) is 6.42 Å². The summed E-state index contributed by atoms with van der Waals surface area (Å²) in [7, 11) is 0. The molecule has 1 unspecified atom stereocenters. The van der Waals surface area contributed by atoms with E-state index in [1.54, 1.807) is 0 Å². The minimum absolute atomic E-state index is 0.188. The van der Waals surface area contributed by atoms with Crippen molar-refractivity contribution in [3.8, 4) is 5.75 Å². The maximum atomic E-state index is 6.19. The van der Waals surface area contributed by atoms with Gasteiger partial charge in [0.15, 0.2) is 0 Å². The number of nitrogens with two attached hydrogens (primary N) is 1. The lowest BCUT2D eigenvalue weighted by molar-refractivity contribution is 0.242. The van der Waals surface area contributed by atoms with Crippen LogP contribution in [0.3, 0.4) is 0 Å². The molecule has 0 heterocycles. The molecule has 1 aliphatic carbocycles. The predicted octanol–water partition coefficient (Wildman–Crippen LogP) is 3.20. The fourth-order valence-corrected chi connectivity index (χ4v) is 2.33. The Hall–Kier alpha value is -1.02. The van der Waals surface area contributed by atoms with Crippen molar-refractivity contribution in [2.45, 2.75) is 51.7 Å². The van der Waals surface area contributed by atoms with Gasteiger partial charge in [-0.2, -0.15) is 0 Å². The first-order valence-corrected chi connectivity index (χ1v) is 6.22. The van der Waals surface area contributed by atoms with Crippen LogP contribution < -0.4 is 10.5 Å². The summed E-state index contributed by atoms with van der Waals surface area (Å²) in [6.07, 6.45) is 4.96. The van der Waals surface area contributed by atoms with Gasteiger partial charge in [0.2, 0.25) is 0 Å². The highest BCUT2D eigenvalue weighted by Crippen LogP contribution is 2.30. The third-order valence-electron chi connectivity index (χ3n) is 3.10. The number of rotatable bonds is 2. The molecule has 16 heavy (non-hydrogen) atoms. The molecule has 0 spiro atoms. The lowest BCUT2D eigenvalue weighted by atomic mass is 9.99. The standard InChI is InChI=1S/C14H21NO/c1-10(2)16-12-8-7-11-5-3-4-6-14(15)13(11)9-12/h7-10,14H,3-6,15H2,1-2H3. The third kappa shape index (κ3) is 2.56. The molecular weight excluding hydrogens is 198 g/mol. The highest BCUT2D eigenvalue weighted by Gasteiger charge is 2.15. The molecule has 2 rings (SSSR count). The van der Waals surface area contributed by atoms with Crippen molar-refractivity contribution in [3.05, 3.63) is 29.3 Å². The minimum atomic E-state index is 0.188. The van der Waals surface area contributed by atoms with Crippen molar-refractivity contribution < 1.29 is 4.74 Å². The average Bonchev–Trinajstić information content (AvgIpc) is 2.41. The summed E-state index contributed by atoms with van der Waals surface area (Å²) in [6, 6.07) is 6.56. The molecule has 0 amide bonds. The molecule has 0 aromatic heterocycles. The molecule has 2 heteroatoms. The maximum Gasteiger partial charge on any atom is 0.120 e. The summed E-state index contributed by atoms with van der Waals surface area (Å²) in [5, 5.41) is 0. The molecule has 0 fully saturated rings. The first-order chi connectivity index (χ1) is 7.66. The third-order valence-corrected chi connectivity index (χ3v) is 3.10. The highest BCUT2D eigenvalue weighted by molar-refractivity contribution is 5.38. The lowest BCUT2D eigenvalue weighted by Crippen LogP contribution is -2.12. The van der Waals surface area contributed by atoms with Gasteiger partial charge in [0, 0.05) is 6.04 Å². The highest BCUT2D eigenvalue weighted by atomic mass is 16.5. The first-order valence-electron chi connectivity index (χ1n) is 6.22. The van der Waals surface area contributed by atoms with E-state index >= 15 is 0 Å².